The van der Waals surface area contributed by atoms with Crippen LogP contribution in [0.3, 0.4) is 0 Å². The number of benzene rings is 3. The first-order valence-electron chi connectivity index (χ1n) is 13.3. The van der Waals surface area contributed by atoms with Crippen LogP contribution in [0.4, 0.5) is 30.7 Å². The standard InChI is InChI=1S/C31H31F7N2O/c1-19(2)29(28(41)40-18-21-13-24(30(33,34)35)15-25(14-21)31(36,37)38)12-11-27(16-29)39-17-20-3-5-22(6-4-20)23-7-9-26(32)10-8-23/h3-10,13-15,19,27,39H,11-12,16-18H2,1-2H3,(H,40,41)/t27-,29+/m1/s1. The van der Waals surface area contributed by atoms with Gasteiger partial charge in [-0.2, -0.15) is 26.3 Å². The molecule has 0 heterocycles. The Morgan fingerprint density at radius 1 is 0.829 bits per heavy atom. The van der Waals surface area contributed by atoms with Gasteiger partial charge < -0.3 is 10.6 Å². The van der Waals surface area contributed by atoms with Crippen molar-refractivity contribution >= 4 is 5.91 Å². The van der Waals surface area contributed by atoms with Crippen LogP contribution in [0.2, 0.25) is 0 Å². The van der Waals surface area contributed by atoms with E-state index in [4.69, 9.17) is 0 Å². The second-order valence-corrected chi connectivity index (χ2v) is 10.9. The van der Waals surface area contributed by atoms with E-state index in [0.717, 1.165) is 16.7 Å². The van der Waals surface area contributed by atoms with E-state index in [0.29, 0.717) is 37.9 Å². The molecule has 0 unspecified atom stereocenters. The largest absolute Gasteiger partial charge is 0.416 e. The number of alkyl halides is 6. The highest BCUT2D eigenvalue weighted by Gasteiger charge is 2.47. The minimum Gasteiger partial charge on any atom is -0.352 e. The maximum atomic E-state index is 13.4. The highest BCUT2D eigenvalue weighted by molar-refractivity contribution is 5.83. The number of carbonyl (C=O) groups excluding carboxylic acids is 1. The number of rotatable bonds is 8. The molecule has 3 nitrogen and oxygen atoms in total. The molecule has 1 amide bonds. The molecule has 220 valence electrons. The Morgan fingerprint density at radius 3 is 1.88 bits per heavy atom. The molecular weight excluding hydrogens is 549 g/mol. The van der Waals surface area contributed by atoms with Gasteiger partial charge in [0.15, 0.2) is 0 Å². The monoisotopic (exact) mass is 580 g/mol. The minimum atomic E-state index is -4.95. The van der Waals surface area contributed by atoms with E-state index in [9.17, 15) is 35.5 Å². The van der Waals surface area contributed by atoms with Gasteiger partial charge in [0.25, 0.3) is 0 Å². The number of amides is 1. The molecule has 0 aliphatic heterocycles. The fraction of sp³-hybridized carbons (Fsp3) is 0.387. The molecule has 1 fully saturated rings. The Labute approximate surface area is 234 Å². The molecule has 1 aliphatic carbocycles. The average molecular weight is 581 g/mol. The zero-order chi connectivity index (χ0) is 30.0. The molecule has 0 radical (unpaired) electrons. The van der Waals surface area contributed by atoms with Crippen molar-refractivity contribution in [1.29, 1.82) is 0 Å². The number of nitrogens with one attached hydrogen (secondary N) is 2. The van der Waals surface area contributed by atoms with Gasteiger partial charge in [0, 0.05) is 19.1 Å². The van der Waals surface area contributed by atoms with Gasteiger partial charge in [-0.05, 0) is 77.8 Å². The van der Waals surface area contributed by atoms with E-state index < -0.39 is 35.4 Å². The van der Waals surface area contributed by atoms with Gasteiger partial charge in [-0.25, -0.2) is 4.39 Å². The molecule has 0 saturated heterocycles. The van der Waals surface area contributed by atoms with E-state index in [1.807, 2.05) is 38.1 Å². The molecule has 4 rings (SSSR count). The van der Waals surface area contributed by atoms with Crippen LogP contribution in [0.15, 0.2) is 66.7 Å². The van der Waals surface area contributed by atoms with Gasteiger partial charge in [-0.1, -0.05) is 50.2 Å². The van der Waals surface area contributed by atoms with E-state index in [1.165, 1.54) is 12.1 Å². The van der Waals surface area contributed by atoms with Crippen molar-refractivity contribution in [2.75, 3.05) is 0 Å². The van der Waals surface area contributed by atoms with Crippen LogP contribution in [-0.4, -0.2) is 11.9 Å². The maximum Gasteiger partial charge on any atom is 0.416 e. The Bertz CT molecular complexity index is 1320. The van der Waals surface area contributed by atoms with Crippen LogP contribution in [0, 0.1) is 17.2 Å². The molecule has 1 saturated carbocycles. The molecule has 0 bridgehead atoms. The lowest BCUT2D eigenvalue weighted by Crippen LogP contribution is -2.43. The molecule has 10 heteroatoms. The number of carbonyl (C=O) groups is 1. The van der Waals surface area contributed by atoms with Crippen molar-refractivity contribution in [3.05, 3.63) is 94.8 Å². The molecule has 3 aromatic carbocycles. The lowest BCUT2D eigenvalue weighted by Gasteiger charge is -2.32. The Hall–Kier alpha value is -3.40. The van der Waals surface area contributed by atoms with Crippen LogP contribution in [0.25, 0.3) is 11.1 Å². The minimum absolute atomic E-state index is 0.00492. The van der Waals surface area contributed by atoms with Crippen LogP contribution >= 0.6 is 0 Å². The van der Waals surface area contributed by atoms with E-state index in [2.05, 4.69) is 10.6 Å². The zero-order valence-corrected chi connectivity index (χ0v) is 22.6. The summed E-state index contributed by atoms with van der Waals surface area (Å²) in [4.78, 5) is 13.4. The van der Waals surface area contributed by atoms with Crippen LogP contribution in [0.5, 0.6) is 0 Å². The first-order chi connectivity index (χ1) is 19.2. The predicted octanol–water partition coefficient (Wildman–Crippen LogP) is 8.13. The number of hydrogen-bond donors (Lipinski definition) is 2. The SMILES string of the molecule is CC(C)[C@]1(C(=O)NCc2cc(C(F)(F)F)cc(C(F)(F)F)c2)CC[C@@H](NCc2ccc(-c3ccc(F)cc3)cc2)C1. The Morgan fingerprint density at radius 2 is 1.37 bits per heavy atom. The van der Waals surface area contributed by atoms with Gasteiger partial charge in [-0.3, -0.25) is 4.79 Å². The summed E-state index contributed by atoms with van der Waals surface area (Å²) in [5.74, 6) is -0.786. The van der Waals surface area contributed by atoms with Crippen molar-refractivity contribution in [2.24, 2.45) is 11.3 Å². The van der Waals surface area contributed by atoms with Crippen LogP contribution in [-0.2, 0) is 30.2 Å². The van der Waals surface area contributed by atoms with Crippen LogP contribution in [0.1, 0.15) is 55.4 Å². The first kappa shape index (κ1) is 30.6. The van der Waals surface area contributed by atoms with Gasteiger partial charge in [0.05, 0.1) is 16.5 Å². The van der Waals surface area contributed by atoms with Crippen molar-refractivity contribution < 1.29 is 35.5 Å². The summed E-state index contributed by atoms with van der Waals surface area (Å²) in [6, 6.07) is 15.4. The van der Waals surface area contributed by atoms with Crippen molar-refractivity contribution in [2.45, 2.75) is 64.6 Å². The van der Waals surface area contributed by atoms with Crippen molar-refractivity contribution in [3.8, 4) is 11.1 Å². The molecule has 0 aromatic heterocycles. The summed E-state index contributed by atoms with van der Waals surface area (Å²) in [5.41, 5.74) is -1.03. The highest BCUT2D eigenvalue weighted by Crippen LogP contribution is 2.45. The van der Waals surface area contributed by atoms with Gasteiger partial charge >= 0.3 is 12.4 Å². The second-order valence-electron chi connectivity index (χ2n) is 10.9. The third kappa shape index (κ3) is 7.28. The summed E-state index contributed by atoms with van der Waals surface area (Å²) in [7, 11) is 0. The number of hydrogen-bond acceptors (Lipinski definition) is 2. The lowest BCUT2D eigenvalue weighted by atomic mass is 9.74. The quantitative estimate of drug-likeness (QED) is 0.264. The smallest absolute Gasteiger partial charge is 0.352 e. The Balaban J connectivity index is 1.39. The first-order valence-corrected chi connectivity index (χ1v) is 13.3. The summed E-state index contributed by atoms with van der Waals surface area (Å²) >= 11 is 0. The van der Waals surface area contributed by atoms with E-state index >= 15 is 0 Å². The van der Waals surface area contributed by atoms with Crippen molar-refractivity contribution in [1.82, 2.24) is 10.6 Å². The van der Waals surface area contributed by atoms with Crippen molar-refractivity contribution in [3.63, 3.8) is 0 Å². The molecule has 3 aromatic rings. The van der Waals surface area contributed by atoms with Gasteiger partial charge in [-0.15, -0.1) is 0 Å². The topological polar surface area (TPSA) is 41.1 Å². The van der Waals surface area contributed by atoms with E-state index in [1.54, 1.807) is 12.1 Å². The normalized spacial score (nSPS) is 19.5. The summed E-state index contributed by atoms with van der Waals surface area (Å²) < 4.78 is 92.5. The molecule has 41 heavy (non-hydrogen) atoms. The van der Waals surface area contributed by atoms with E-state index in [-0.39, 0.29) is 35.3 Å². The Kier molecular flexibility index (Phi) is 8.82. The summed E-state index contributed by atoms with van der Waals surface area (Å²) in [6.07, 6.45) is -8.19. The molecule has 0 spiro atoms. The van der Waals surface area contributed by atoms with Gasteiger partial charge in [0.1, 0.15) is 5.82 Å². The molecular formula is C31H31F7N2O. The zero-order valence-electron chi connectivity index (χ0n) is 22.6. The average Bonchev–Trinajstić information content (AvgIpc) is 3.36. The fourth-order valence-electron chi connectivity index (χ4n) is 5.44. The number of halogens is 7. The fourth-order valence-corrected chi connectivity index (χ4v) is 5.44. The summed E-state index contributed by atoms with van der Waals surface area (Å²) in [5, 5.41) is 6.09. The predicted molar refractivity (Wildman–Crippen MR) is 142 cm³/mol. The molecule has 2 N–H and O–H groups in total. The molecule has 2 atom stereocenters. The maximum absolute atomic E-state index is 13.4. The highest BCUT2D eigenvalue weighted by atomic mass is 19.4. The summed E-state index contributed by atoms with van der Waals surface area (Å²) in [6.45, 7) is 3.89. The third-order valence-electron chi connectivity index (χ3n) is 7.93. The molecule has 1 aliphatic rings. The lowest BCUT2D eigenvalue weighted by molar-refractivity contribution is -0.143. The second kappa shape index (κ2) is 11.8. The van der Waals surface area contributed by atoms with Gasteiger partial charge in [0.2, 0.25) is 5.91 Å². The van der Waals surface area contributed by atoms with Crippen LogP contribution < -0.4 is 10.6 Å². The third-order valence-corrected chi connectivity index (χ3v) is 7.93.